The van der Waals surface area contributed by atoms with Crippen molar-refractivity contribution in [1.82, 2.24) is 9.97 Å². The summed E-state index contributed by atoms with van der Waals surface area (Å²) in [6.45, 7) is 3.90. The first kappa shape index (κ1) is 21.3. The van der Waals surface area contributed by atoms with Crippen molar-refractivity contribution in [2.75, 3.05) is 5.43 Å². The Morgan fingerprint density at radius 1 is 1.19 bits per heavy atom. The van der Waals surface area contributed by atoms with Crippen molar-refractivity contribution in [1.29, 1.82) is 0 Å². The number of hydrogen-bond donors (Lipinski definition) is 2. The quantitative estimate of drug-likeness (QED) is 0.287. The number of rotatable bonds is 7. The number of fused-ring (bicyclic) bond motifs is 1. The van der Waals surface area contributed by atoms with Crippen molar-refractivity contribution < 1.29 is 18.6 Å². The third-order valence-electron chi connectivity index (χ3n) is 4.26. The third-order valence-corrected chi connectivity index (χ3v) is 6.19. The van der Waals surface area contributed by atoms with Gasteiger partial charge < -0.3 is 9.84 Å². The summed E-state index contributed by atoms with van der Waals surface area (Å²) in [5.74, 6) is -0.470. The molecule has 1 unspecified atom stereocenters. The molecule has 0 radical (unpaired) electrons. The van der Waals surface area contributed by atoms with Crippen LogP contribution in [0.3, 0.4) is 0 Å². The lowest BCUT2D eigenvalue weighted by atomic mass is 10.1. The zero-order valence-corrected chi connectivity index (χ0v) is 18.2. The average molecular weight is 461 g/mol. The minimum Gasteiger partial charge on any atom is -0.489 e. The molecule has 4 aromatic rings. The number of aliphatic hydroxyl groups is 1. The molecule has 31 heavy (non-hydrogen) atoms. The van der Waals surface area contributed by atoms with Crippen LogP contribution in [0.25, 0.3) is 10.2 Å². The second kappa shape index (κ2) is 9.04. The molecule has 0 aliphatic heterocycles. The number of thiophene rings is 2. The van der Waals surface area contributed by atoms with Gasteiger partial charge in [0.2, 0.25) is 0 Å². The molecular formula is C21H18F2N4O2S2. The molecule has 0 amide bonds. The van der Waals surface area contributed by atoms with Crippen LogP contribution in [0.2, 0.25) is 0 Å². The van der Waals surface area contributed by atoms with Crippen LogP contribution in [0.5, 0.6) is 5.75 Å². The maximum Gasteiger partial charge on any atom is 0.158 e. The summed E-state index contributed by atoms with van der Waals surface area (Å²) in [4.78, 5) is 10.1. The van der Waals surface area contributed by atoms with E-state index in [4.69, 9.17) is 4.74 Å². The molecule has 0 saturated heterocycles. The third kappa shape index (κ3) is 4.55. The summed E-state index contributed by atoms with van der Waals surface area (Å²) in [6, 6.07) is 6.95. The van der Waals surface area contributed by atoms with E-state index in [2.05, 4.69) is 20.5 Å². The molecule has 10 heteroatoms. The maximum absolute atomic E-state index is 14.1. The number of anilines is 1. The van der Waals surface area contributed by atoms with E-state index in [9.17, 15) is 13.9 Å². The van der Waals surface area contributed by atoms with Gasteiger partial charge >= 0.3 is 0 Å². The van der Waals surface area contributed by atoms with Gasteiger partial charge in [-0.3, -0.25) is 5.43 Å². The Morgan fingerprint density at radius 3 is 2.71 bits per heavy atom. The SMILES string of the molecule is CC(C)Oc1ccsc1/C=N/Nc1ncnc2sc(C(O)c3c(F)cccc3F)cc12. The number of nitrogens with zero attached hydrogens (tertiary/aromatic N) is 3. The zero-order valence-electron chi connectivity index (χ0n) is 16.5. The molecule has 2 N–H and O–H groups in total. The number of aliphatic hydroxyl groups excluding tert-OH is 1. The van der Waals surface area contributed by atoms with E-state index in [1.807, 2.05) is 25.3 Å². The monoisotopic (exact) mass is 460 g/mol. The highest BCUT2D eigenvalue weighted by molar-refractivity contribution is 7.18. The van der Waals surface area contributed by atoms with Gasteiger partial charge in [-0.15, -0.1) is 22.7 Å². The topological polar surface area (TPSA) is 79.6 Å². The van der Waals surface area contributed by atoms with Crippen LogP contribution in [0.1, 0.15) is 35.3 Å². The van der Waals surface area contributed by atoms with Gasteiger partial charge in [0.25, 0.3) is 0 Å². The van der Waals surface area contributed by atoms with E-state index in [1.165, 1.54) is 23.7 Å². The minimum atomic E-state index is -1.46. The van der Waals surface area contributed by atoms with Gasteiger partial charge in [-0.1, -0.05) is 6.07 Å². The summed E-state index contributed by atoms with van der Waals surface area (Å²) >= 11 is 2.62. The Morgan fingerprint density at radius 2 is 1.97 bits per heavy atom. The van der Waals surface area contributed by atoms with Crippen LogP contribution in [0.15, 0.2) is 47.1 Å². The first-order valence-corrected chi connectivity index (χ1v) is 11.0. The van der Waals surface area contributed by atoms with Crippen molar-refractivity contribution in [2.24, 2.45) is 5.10 Å². The van der Waals surface area contributed by atoms with Gasteiger partial charge in [-0.05, 0) is 43.5 Å². The lowest BCUT2D eigenvalue weighted by molar-refractivity contribution is 0.213. The number of benzene rings is 1. The molecule has 1 aromatic carbocycles. The zero-order chi connectivity index (χ0) is 22.0. The van der Waals surface area contributed by atoms with Gasteiger partial charge in [-0.25, -0.2) is 18.7 Å². The van der Waals surface area contributed by atoms with E-state index < -0.39 is 23.3 Å². The van der Waals surface area contributed by atoms with Gasteiger partial charge in [-0.2, -0.15) is 5.10 Å². The summed E-state index contributed by atoms with van der Waals surface area (Å²) in [5, 5.41) is 17.3. The summed E-state index contributed by atoms with van der Waals surface area (Å²) < 4.78 is 33.9. The number of aromatic nitrogens is 2. The molecule has 3 aromatic heterocycles. The smallest absolute Gasteiger partial charge is 0.158 e. The first-order valence-electron chi connectivity index (χ1n) is 9.33. The van der Waals surface area contributed by atoms with Gasteiger partial charge in [0, 0.05) is 4.88 Å². The van der Waals surface area contributed by atoms with Crippen LogP contribution in [-0.4, -0.2) is 27.4 Å². The Hall–Kier alpha value is -2.95. The van der Waals surface area contributed by atoms with Crippen LogP contribution < -0.4 is 10.2 Å². The van der Waals surface area contributed by atoms with Crippen LogP contribution >= 0.6 is 22.7 Å². The van der Waals surface area contributed by atoms with Crippen molar-refractivity contribution >= 4 is 44.9 Å². The highest BCUT2D eigenvalue weighted by Crippen LogP contribution is 2.36. The Balaban J connectivity index is 1.59. The van der Waals surface area contributed by atoms with E-state index in [1.54, 1.807) is 12.3 Å². The van der Waals surface area contributed by atoms with E-state index in [-0.39, 0.29) is 6.10 Å². The number of ether oxygens (including phenoxy) is 1. The minimum absolute atomic E-state index is 0.0474. The fraction of sp³-hybridized carbons (Fsp3) is 0.190. The van der Waals surface area contributed by atoms with Crippen LogP contribution in [0.4, 0.5) is 14.6 Å². The molecule has 0 spiro atoms. The van der Waals surface area contributed by atoms with E-state index in [0.717, 1.165) is 34.1 Å². The Kier molecular flexibility index (Phi) is 6.21. The molecular weight excluding hydrogens is 442 g/mol. The van der Waals surface area contributed by atoms with Crippen molar-refractivity contribution in [3.63, 3.8) is 0 Å². The summed E-state index contributed by atoms with van der Waals surface area (Å²) in [6.07, 6.45) is 1.58. The van der Waals surface area contributed by atoms with Gasteiger partial charge in [0.1, 0.15) is 34.6 Å². The largest absolute Gasteiger partial charge is 0.489 e. The van der Waals surface area contributed by atoms with E-state index in [0.29, 0.717) is 20.9 Å². The lowest BCUT2D eigenvalue weighted by Crippen LogP contribution is -2.06. The normalized spacial score (nSPS) is 12.7. The number of halogens is 2. The molecule has 0 saturated carbocycles. The van der Waals surface area contributed by atoms with Crippen molar-refractivity contribution in [3.8, 4) is 5.75 Å². The predicted molar refractivity (Wildman–Crippen MR) is 119 cm³/mol. The second-order valence-electron chi connectivity index (χ2n) is 6.81. The maximum atomic E-state index is 14.1. The number of hydrazone groups is 1. The van der Waals surface area contributed by atoms with Crippen molar-refractivity contribution in [2.45, 2.75) is 26.1 Å². The molecule has 4 rings (SSSR count). The highest BCUT2D eigenvalue weighted by Gasteiger charge is 2.22. The average Bonchev–Trinajstić information content (AvgIpc) is 3.35. The molecule has 0 aliphatic rings. The fourth-order valence-electron chi connectivity index (χ4n) is 2.92. The molecule has 1 atom stereocenters. The predicted octanol–water partition coefficient (Wildman–Crippen LogP) is 5.35. The molecule has 0 bridgehead atoms. The molecule has 6 nitrogen and oxygen atoms in total. The van der Waals surface area contributed by atoms with Gasteiger partial charge in [0.15, 0.2) is 5.82 Å². The lowest BCUT2D eigenvalue weighted by Gasteiger charge is -2.10. The standard InChI is InChI=1S/C21H18F2N4O2S2/c1-11(2)29-15-6-7-30-17(15)9-26-27-20-12-8-16(31-21(12)25-10-24-20)19(28)18-13(22)4-3-5-14(18)23/h3-11,19,28H,1-2H3,(H,24,25,27)/b26-9+. The van der Waals surface area contributed by atoms with Crippen LogP contribution in [-0.2, 0) is 0 Å². The van der Waals surface area contributed by atoms with Gasteiger partial charge in [0.05, 0.1) is 28.1 Å². The highest BCUT2D eigenvalue weighted by atomic mass is 32.1. The van der Waals surface area contributed by atoms with E-state index >= 15 is 0 Å². The molecule has 3 heterocycles. The Bertz CT molecular complexity index is 1220. The number of hydrogen-bond acceptors (Lipinski definition) is 8. The number of nitrogens with one attached hydrogen (secondary N) is 1. The fourth-order valence-corrected chi connectivity index (χ4v) is 4.60. The Labute approximate surface area is 184 Å². The summed E-state index contributed by atoms with van der Waals surface area (Å²) in [5.41, 5.74) is 2.47. The second-order valence-corrected chi connectivity index (χ2v) is 8.82. The van der Waals surface area contributed by atoms with Crippen molar-refractivity contribution in [3.05, 3.63) is 69.0 Å². The molecule has 160 valence electrons. The molecule has 0 fully saturated rings. The molecule has 0 aliphatic carbocycles. The summed E-state index contributed by atoms with van der Waals surface area (Å²) in [7, 11) is 0. The first-order chi connectivity index (χ1) is 14.9. The van der Waals surface area contributed by atoms with Crippen LogP contribution in [0, 0.1) is 11.6 Å².